The fourth-order valence-electron chi connectivity index (χ4n) is 2.84. The van der Waals surface area contributed by atoms with E-state index in [4.69, 9.17) is 5.84 Å². The number of nitrogens with zero attached hydrogens (tertiary/aromatic N) is 5. The van der Waals surface area contributed by atoms with Crippen LogP contribution in [0.5, 0.6) is 0 Å². The molecule has 0 saturated carbocycles. The van der Waals surface area contributed by atoms with Gasteiger partial charge in [0.15, 0.2) is 5.82 Å². The van der Waals surface area contributed by atoms with E-state index in [1.165, 1.54) is 28.6 Å². The quantitative estimate of drug-likeness (QED) is 0.365. The molecule has 2 aromatic carbocycles. The maximum absolute atomic E-state index is 13.2. The van der Waals surface area contributed by atoms with Crippen molar-refractivity contribution >= 4 is 23.5 Å². The van der Waals surface area contributed by atoms with E-state index in [1.807, 2.05) is 37.3 Å². The van der Waals surface area contributed by atoms with Crippen molar-refractivity contribution in [1.82, 2.24) is 24.7 Å². The molecule has 8 nitrogen and oxygen atoms in total. The summed E-state index contributed by atoms with van der Waals surface area (Å²) in [5.74, 6) is 6.57. The molecule has 10 heteroatoms. The van der Waals surface area contributed by atoms with Crippen LogP contribution in [0.15, 0.2) is 65.8 Å². The van der Waals surface area contributed by atoms with Gasteiger partial charge in [0.1, 0.15) is 11.6 Å². The van der Waals surface area contributed by atoms with Gasteiger partial charge in [0.25, 0.3) is 0 Å². The van der Waals surface area contributed by atoms with E-state index in [2.05, 4.69) is 20.6 Å². The molecule has 2 aromatic heterocycles. The lowest BCUT2D eigenvalue weighted by Crippen LogP contribution is -2.18. The van der Waals surface area contributed by atoms with E-state index in [-0.39, 0.29) is 17.5 Å². The van der Waals surface area contributed by atoms with Crippen LogP contribution in [-0.4, -0.2) is 36.3 Å². The number of anilines is 1. The molecule has 2 heterocycles. The fraction of sp³-hybridized carbons (Fsp3) is 0.100. The summed E-state index contributed by atoms with van der Waals surface area (Å²) in [5, 5.41) is 15.8. The number of amides is 1. The molecule has 0 saturated heterocycles. The number of thioether (sulfide) groups is 1. The van der Waals surface area contributed by atoms with E-state index in [0.717, 1.165) is 11.3 Å². The van der Waals surface area contributed by atoms with Gasteiger partial charge >= 0.3 is 0 Å². The van der Waals surface area contributed by atoms with Crippen LogP contribution in [-0.2, 0) is 4.79 Å². The molecule has 0 aliphatic heterocycles. The van der Waals surface area contributed by atoms with Crippen LogP contribution < -0.4 is 11.2 Å². The van der Waals surface area contributed by atoms with E-state index >= 15 is 0 Å². The first-order valence-electron chi connectivity index (χ1n) is 9.02. The van der Waals surface area contributed by atoms with Crippen molar-refractivity contribution in [2.24, 2.45) is 0 Å². The molecule has 3 N–H and O–H groups in total. The Hall–Kier alpha value is -3.66. The van der Waals surface area contributed by atoms with Gasteiger partial charge in [-0.3, -0.25) is 4.79 Å². The number of carbonyl (C=O) groups is 1. The Morgan fingerprint density at radius 1 is 1.13 bits per heavy atom. The van der Waals surface area contributed by atoms with Crippen LogP contribution in [0.3, 0.4) is 0 Å². The number of aromatic nitrogens is 5. The zero-order chi connectivity index (χ0) is 21.1. The number of nitrogens with one attached hydrogen (secondary N) is 1. The number of hydrogen-bond acceptors (Lipinski definition) is 6. The standard InChI is InChI=1S/C20H18FN7OS/c1-13-11-17(28(26-13)16-9-7-15(21)8-10-16)23-18(29)12-30-20-25-24-19(27(20)22)14-5-3-2-4-6-14/h2-11H,12,22H2,1H3,(H,23,29). The number of aryl methyl sites for hydroxylation is 1. The minimum Gasteiger partial charge on any atom is -0.335 e. The zero-order valence-electron chi connectivity index (χ0n) is 16.0. The smallest absolute Gasteiger partial charge is 0.236 e. The third-order valence-corrected chi connectivity index (χ3v) is 5.14. The SMILES string of the molecule is Cc1cc(NC(=O)CSc2nnc(-c3ccccc3)n2N)n(-c2ccc(F)cc2)n1. The van der Waals surface area contributed by atoms with Crippen LogP contribution >= 0.6 is 11.8 Å². The molecule has 1 amide bonds. The Morgan fingerprint density at radius 2 is 1.87 bits per heavy atom. The Kier molecular flexibility index (Phi) is 5.48. The number of halogens is 1. The maximum atomic E-state index is 13.2. The lowest BCUT2D eigenvalue weighted by atomic mass is 10.2. The van der Waals surface area contributed by atoms with Crippen molar-refractivity contribution in [2.45, 2.75) is 12.1 Å². The summed E-state index contributed by atoms with van der Waals surface area (Å²) in [7, 11) is 0. The summed E-state index contributed by atoms with van der Waals surface area (Å²) >= 11 is 1.17. The highest BCUT2D eigenvalue weighted by Gasteiger charge is 2.15. The molecule has 0 radical (unpaired) electrons. The summed E-state index contributed by atoms with van der Waals surface area (Å²) in [6.45, 7) is 1.81. The van der Waals surface area contributed by atoms with Crippen LogP contribution in [0, 0.1) is 12.7 Å². The number of benzene rings is 2. The molecular formula is C20H18FN7OS. The highest BCUT2D eigenvalue weighted by molar-refractivity contribution is 7.99. The number of nitrogen functional groups attached to an aromatic ring is 1. The Bertz CT molecular complexity index is 1170. The van der Waals surface area contributed by atoms with Gasteiger partial charge < -0.3 is 11.2 Å². The van der Waals surface area contributed by atoms with Gasteiger partial charge in [-0.2, -0.15) is 5.10 Å². The lowest BCUT2D eigenvalue weighted by molar-refractivity contribution is -0.113. The van der Waals surface area contributed by atoms with E-state index in [1.54, 1.807) is 22.9 Å². The Labute approximate surface area is 175 Å². The number of carbonyl (C=O) groups excluding carboxylic acids is 1. The predicted octanol–water partition coefficient (Wildman–Crippen LogP) is 3.02. The predicted molar refractivity (Wildman–Crippen MR) is 113 cm³/mol. The summed E-state index contributed by atoms with van der Waals surface area (Å²) < 4.78 is 16.1. The first-order chi connectivity index (χ1) is 14.5. The zero-order valence-corrected chi connectivity index (χ0v) is 16.8. The normalized spacial score (nSPS) is 10.9. The second-order valence-electron chi connectivity index (χ2n) is 6.44. The average Bonchev–Trinajstić information content (AvgIpc) is 3.29. The van der Waals surface area contributed by atoms with E-state index in [0.29, 0.717) is 22.5 Å². The molecule has 0 spiro atoms. The van der Waals surface area contributed by atoms with Gasteiger partial charge in [-0.25, -0.2) is 13.7 Å². The molecule has 0 bridgehead atoms. The molecule has 4 rings (SSSR count). The van der Waals surface area contributed by atoms with Crippen molar-refractivity contribution in [2.75, 3.05) is 16.9 Å². The number of hydrogen-bond donors (Lipinski definition) is 2. The van der Waals surface area contributed by atoms with Crippen molar-refractivity contribution < 1.29 is 9.18 Å². The minimum atomic E-state index is -0.342. The van der Waals surface area contributed by atoms with Crippen LogP contribution in [0.2, 0.25) is 0 Å². The first kappa shape index (κ1) is 19.6. The molecular weight excluding hydrogens is 405 g/mol. The van der Waals surface area contributed by atoms with Crippen molar-refractivity contribution in [3.63, 3.8) is 0 Å². The molecule has 0 unspecified atom stereocenters. The second kappa shape index (κ2) is 8.37. The van der Waals surface area contributed by atoms with Gasteiger partial charge in [-0.1, -0.05) is 42.1 Å². The minimum absolute atomic E-state index is 0.0811. The molecule has 0 atom stereocenters. The first-order valence-corrected chi connectivity index (χ1v) is 10.0. The number of rotatable bonds is 6. The molecule has 30 heavy (non-hydrogen) atoms. The third kappa shape index (κ3) is 4.18. The van der Waals surface area contributed by atoms with E-state index < -0.39 is 0 Å². The van der Waals surface area contributed by atoms with Gasteiger partial charge in [-0.05, 0) is 31.2 Å². The Morgan fingerprint density at radius 3 is 2.60 bits per heavy atom. The van der Waals surface area contributed by atoms with Gasteiger partial charge in [0.2, 0.25) is 11.1 Å². The topological polar surface area (TPSA) is 104 Å². The highest BCUT2D eigenvalue weighted by atomic mass is 32.2. The molecule has 152 valence electrons. The number of nitrogens with two attached hydrogens (primary N) is 1. The maximum Gasteiger partial charge on any atom is 0.236 e. The molecule has 4 aromatic rings. The molecule has 0 fully saturated rings. The lowest BCUT2D eigenvalue weighted by Gasteiger charge is -2.09. The van der Waals surface area contributed by atoms with Crippen molar-refractivity contribution in [3.05, 3.63) is 72.2 Å². The molecule has 0 aliphatic rings. The van der Waals surface area contributed by atoms with Crippen molar-refractivity contribution in [3.8, 4) is 17.1 Å². The van der Waals surface area contributed by atoms with Gasteiger partial charge in [0, 0.05) is 11.6 Å². The monoisotopic (exact) mass is 423 g/mol. The third-order valence-electron chi connectivity index (χ3n) is 4.20. The average molecular weight is 423 g/mol. The summed E-state index contributed by atoms with van der Waals surface area (Å²) in [4.78, 5) is 12.5. The summed E-state index contributed by atoms with van der Waals surface area (Å²) in [6, 6.07) is 17.0. The van der Waals surface area contributed by atoms with Crippen LogP contribution in [0.25, 0.3) is 17.1 Å². The van der Waals surface area contributed by atoms with Crippen LogP contribution in [0.1, 0.15) is 5.69 Å². The second-order valence-corrected chi connectivity index (χ2v) is 7.38. The van der Waals surface area contributed by atoms with Gasteiger partial charge in [-0.15, -0.1) is 10.2 Å². The van der Waals surface area contributed by atoms with Crippen LogP contribution in [0.4, 0.5) is 10.2 Å². The highest BCUT2D eigenvalue weighted by Crippen LogP contribution is 2.22. The van der Waals surface area contributed by atoms with Gasteiger partial charge in [0.05, 0.1) is 17.1 Å². The largest absolute Gasteiger partial charge is 0.335 e. The molecule has 0 aliphatic carbocycles. The Balaban J connectivity index is 1.44. The van der Waals surface area contributed by atoms with Crippen molar-refractivity contribution in [1.29, 1.82) is 0 Å². The fourth-order valence-corrected chi connectivity index (χ4v) is 3.49. The van der Waals surface area contributed by atoms with E-state index in [9.17, 15) is 9.18 Å². The summed E-state index contributed by atoms with van der Waals surface area (Å²) in [5.41, 5.74) is 2.20. The summed E-state index contributed by atoms with van der Waals surface area (Å²) in [6.07, 6.45) is 0.